The first-order valence-corrected chi connectivity index (χ1v) is 8.84. The summed E-state index contributed by atoms with van der Waals surface area (Å²) in [5.74, 6) is 0.303. The van der Waals surface area contributed by atoms with E-state index in [9.17, 15) is 4.79 Å². The van der Waals surface area contributed by atoms with E-state index in [4.69, 9.17) is 16.3 Å². The molecule has 0 aliphatic carbocycles. The maximum atomic E-state index is 12.2. The standard InChI is InChI=1S/C18H27ClN2O2/c1-14(2)23-12-4-9-20-18(22)15-7-10-21(11-8-15)17-6-3-5-16(19)13-17/h3,5-6,13-15H,4,7-12H2,1-2H3,(H,20,22). The van der Waals surface area contributed by atoms with E-state index >= 15 is 0 Å². The van der Waals surface area contributed by atoms with Crippen molar-refractivity contribution in [3.05, 3.63) is 29.3 Å². The molecule has 1 aliphatic heterocycles. The average Bonchev–Trinajstić information content (AvgIpc) is 2.54. The smallest absolute Gasteiger partial charge is 0.223 e. The van der Waals surface area contributed by atoms with E-state index in [0.717, 1.165) is 43.1 Å². The zero-order valence-corrected chi connectivity index (χ0v) is 14.8. The Morgan fingerprint density at radius 2 is 2.13 bits per heavy atom. The molecule has 0 unspecified atom stereocenters. The molecule has 1 fully saturated rings. The summed E-state index contributed by atoms with van der Waals surface area (Å²) >= 11 is 6.04. The number of rotatable bonds is 7. The topological polar surface area (TPSA) is 41.6 Å². The van der Waals surface area contributed by atoms with Crippen LogP contribution in [0.2, 0.25) is 5.02 Å². The number of amides is 1. The summed E-state index contributed by atoms with van der Waals surface area (Å²) in [7, 11) is 0. The molecule has 1 heterocycles. The zero-order valence-electron chi connectivity index (χ0n) is 14.1. The first-order chi connectivity index (χ1) is 11.1. The summed E-state index contributed by atoms with van der Waals surface area (Å²) in [4.78, 5) is 14.5. The van der Waals surface area contributed by atoms with Gasteiger partial charge in [-0.25, -0.2) is 0 Å². The quantitative estimate of drug-likeness (QED) is 0.774. The summed E-state index contributed by atoms with van der Waals surface area (Å²) in [6.07, 6.45) is 2.90. The van der Waals surface area contributed by atoms with Gasteiger partial charge >= 0.3 is 0 Å². The fourth-order valence-corrected chi connectivity index (χ4v) is 3.00. The summed E-state index contributed by atoms with van der Waals surface area (Å²) in [5.41, 5.74) is 1.14. The Labute approximate surface area is 144 Å². The lowest BCUT2D eigenvalue weighted by Crippen LogP contribution is -2.41. The van der Waals surface area contributed by atoms with Crippen molar-refractivity contribution in [3.63, 3.8) is 0 Å². The molecule has 0 atom stereocenters. The number of piperidine rings is 1. The Morgan fingerprint density at radius 3 is 2.78 bits per heavy atom. The molecule has 5 heteroatoms. The van der Waals surface area contributed by atoms with E-state index < -0.39 is 0 Å². The van der Waals surface area contributed by atoms with Gasteiger partial charge in [-0.05, 0) is 51.3 Å². The van der Waals surface area contributed by atoms with Crippen molar-refractivity contribution in [2.75, 3.05) is 31.1 Å². The lowest BCUT2D eigenvalue weighted by Gasteiger charge is -2.33. The molecule has 128 valence electrons. The van der Waals surface area contributed by atoms with Crippen LogP contribution in [-0.4, -0.2) is 38.3 Å². The summed E-state index contributed by atoms with van der Waals surface area (Å²) in [6, 6.07) is 7.90. The number of anilines is 1. The Bertz CT molecular complexity index is 500. The van der Waals surface area contributed by atoms with E-state index in [1.54, 1.807) is 0 Å². The third-order valence-corrected chi connectivity index (χ3v) is 4.35. The molecular formula is C18H27ClN2O2. The van der Waals surface area contributed by atoms with Gasteiger partial charge in [0.1, 0.15) is 0 Å². The predicted octanol–water partition coefficient (Wildman–Crippen LogP) is 3.49. The highest BCUT2D eigenvalue weighted by Crippen LogP contribution is 2.25. The van der Waals surface area contributed by atoms with E-state index in [1.807, 2.05) is 32.0 Å². The second-order valence-corrected chi connectivity index (χ2v) is 6.74. The molecule has 0 spiro atoms. The second-order valence-electron chi connectivity index (χ2n) is 6.31. The maximum absolute atomic E-state index is 12.2. The maximum Gasteiger partial charge on any atom is 0.223 e. The van der Waals surface area contributed by atoms with Crippen LogP contribution in [0.1, 0.15) is 33.1 Å². The molecule has 0 bridgehead atoms. The molecule has 1 saturated heterocycles. The third-order valence-electron chi connectivity index (χ3n) is 4.11. The number of hydrogen-bond acceptors (Lipinski definition) is 3. The first-order valence-electron chi connectivity index (χ1n) is 8.46. The Kier molecular flexibility index (Phi) is 7.18. The van der Waals surface area contributed by atoms with E-state index in [2.05, 4.69) is 16.3 Å². The van der Waals surface area contributed by atoms with Gasteiger partial charge in [0, 0.05) is 42.9 Å². The van der Waals surface area contributed by atoms with Gasteiger partial charge < -0.3 is 15.0 Å². The van der Waals surface area contributed by atoms with Gasteiger partial charge in [-0.15, -0.1) is 0 Å². The number of carbonyl (C=O) groups is 1. The van der Waals surface area contributed by atoms with Gasteiger partial charge in [0.15, 0.2) is 0 Å². The minimum Gasteiger partial charge on any atom is -0.379 e. The molecule has 0 radical (unpaired) electrons. The van der Waals surface area contributed by atoms with Crippen LogP contribution in [-0.2, 0) is 9.53 Å². The van der Waals surface area contributed by atoms with Crippen molar-refractivity contribution in [3.8, 4) is 0 Å². The zero-order chi connectivity index (χ0) is 16.7. The van der Waals surface area contributed by atoms with Crippen molar-refractivity contribution in [2.45, 2.75) is 39.2 Å². The van der Waals surface area contributed by atoms with Crippen LogP contribution in [0.4, 0.5) is 5.69 Å². The number of nitrogens with one attached hydrogen (secondary N) is 1. The average molecular weight is 339 g/mol. The summed E-state index contributed by atoms with van der Waals surface area (Å²) < 4.78 is 5.47. The van der Waals surface area contributed by atoms with Crippen molar-refractivity contribution >= 4 is 23.2 Å². The fourth-order valence-electron chi connectivity index (χ4n) is 2.82. The molecule has 1 N–H and O–H groups in total. The predicted molar refractivity (Wildman–Crippen MR) is 95.1 cm³/mol. The monoisotopic (exact) mass is 338 g/mol. The molecule has 1 aromatic rings. The van der Waals surface area contributed by atoms with Gasteiger partial charge in [-0.2, -0.15) is 0 Å². The largest absolute Gasteiger partial charge is 0.379 e. The number of benzene rings is 1. The highest BCUT2D eigenvalue weighted by atomic mass is 35.5. The highest BCUT2D eigenvalue weighted by Gasteiger charge is 2.24. The van der Waals surface area contributed by atoms with Gasteiger partial charge in [-0.1, -0.05) is 17.7 Å². The Hall–Kier alpha value is -1.26. The summed E-state index contributed by atoms with van der Waals surface area (Å²) in [5, 5.41) is 3.79. The van der Waals surface area contributed by atoms with Gasteiger partial charge in [-0.3, -0.25) is 4.79 Å². The number of hydrogen-bond donors (Lipinski definition) is 1. The molecule has 1 amide bonds. The lowest BCUT2D eigenvalue weighted by molar-refractivity contribution is -0.125. The van der Waals surface area contributed by atoms with Crippen LogP contribution < -0.4 is 10.2 Å². The van der Waals surface area contributed by atoms with Crippen molar-refractivity contribution in [2.24, 2.45) is 5.92 Å². The Balaban J connectivity index is 1.68. The number of carbonyl (C=O) groups excluding carboxylic acids is 1. The Morgan fingerprint density at radius 1 is 1.39 bits per heavy atom. The van der Waals surface area contributed by atoms with Crippen LogP contribution in [0, 0.1) is 5.92 Å². The number of ether oxygens (including phenoxy) is 1. The van der Waals surface area contributed by atoms with E-state index in [-0.39, 0.29) is 17.9 Å². The van der Waals surface area contributed by atoms with Crippen molar-refractivity contribution in [1.82, 2.24) is 5.32 Å². The SMILES string of the molecule is CC(C)OCCCNC(=O)C1CCN(c2cccc(Cl)c2)CC1. The first kappa shape index (κ1) is 18.1. The second kappa shape index (κ2) is 9.14. The molecule has 0 saturated carbocycles. The van der Waals surface area contributed by atoms with Crippen LogP contribution in [0.3, 0.4) is 0 Å². The van der Waals surface area contributed by atoms with Crippen LogP contribution in [0.15, 0.2) is 24.3 Å². The number of halogens is 1. The van der Waals surface area contributed by atoms with Crippen LogP contribution >= 0.6 is 11.6 Å². The molecule has 1 aliphatic rings. The molecule has 2 rings (SSSR count). The van der Waals surface area contributed by atoms with Crippen molar-refractivity contribution in [1.29, 1.82) is 0 Å². The molecule has 23 heavy (non-hydrogen) atoms. The van der Waals surface area contributed by atoms with Crippen molar-refractivity contribution < 1.29 is 9.53 Å². The molecule has 0 aromatic heterocycles. The van der Waals surface area contributed by atoms with Crippen LogP contribution in [0.25, 0.3) is 0 Å². The normalized spacial score (nSPS) is 15.9. The van der Waals surface area contributed by atoms with Gasteiger partial charge in [0.05, 0.1) is 6.10 Å². The van der Waals surface area contributed by atoms with Crippen LogP contribution in [0.5, 0.6) is 0 Å². The van der Waals surface area contributed by atoms with Gasteiger partial charge in [0.25, 0.3) is 0 Å². The molecular weight excluding hydrogens is 312 g/mol. The third kappa shape index (κ3) is 6.04. The minimum absolute atomic E-state index is 0.122. The fraction of sp³-hybridized carbons (Fsp3) is 0.611. The molecule has 4 nitrogen and oxygen atoms in total. The highest BCUT2D eigenvalue weighted by molar-refractivity contribution is 6.30. The number of nitrogens with zero attached hydrogens (tertiary/aromatic N) is 1. The van der Waals surface area contributed by atoms with Gasteiger partial charge in [0.2, 0.25) is 5.91 Å². The lowest BCUT2D eigenvalue weighted by atomic mass is 9.95. The minimum atomic E-state index is 0.122. The summed E-state index contributed by atoms with van der Waals surface area (Å²) in [6.45, 7) is 7.23. The molecule has 1 aromatic carbocycles. The van der Waals surface area contributed by atoms with E-state index in [1.165, 1.54) is 0 Å². The van der Waals surface area contributed by atoms with E-state index in [0.29, 0.717) is 13.2 Å².